The zero-order valence-corrected chi connectivity index (χ0v) is 18.9. The minimum Gasteiger partial charge on any atom is -0.494 e. The third-order valence-corrected chi connectivity index (χ3v) is 5.22. The van der Waals surface area contributed by atoms with Crippen molar-refractivity contribution in [1.29, 1.82) is 0 Å². The standard InChI is InChI=1S/C24H29N5O4/c1-3-33-23-10-8-20(9-11-23)17-28(14-5-13-27-15-12-25-18-27)24(30)26-19(2)21-6-4-7-22(16-21)29(31)32/h4,6-12,15-16,18-19H,3,5,13-14,17H2,1-2H3,(H,26,30). The van der Waals surface area contributed by atoms with E-state index in [9.17, 15) is 14.9 Å². The summed E-state index contributed by atoms with van der Waals surface area (Å²) in [5.74, 6) is 0.789. The Balaban J connectivity index is 1.68. The van der Waals surface area contributed by atoms with Crippen LogP contribution in [0.25, 0.3) is 0 Å². The highest BCUT2D eigenvalue weighted by atomic mass is 16.6. The molecule has 9 heteroatoms. The highest BCUT2D eigenvalue weighted by Gasteiger charge is 2.18. The molecule has 1 aromatic heterocycles. The third kappa shape index (κ3) is 7.06. The van der Waals surface area contributed by atoms with Gasteiger partial charge in [0.1, 0.15) is 5.75 Å². The molecular weight excluding hydrogens is 422 g/mol. The highest BCUT2D eigenvalue weighted by molar-refractivity contribution is 5.74. The molecule has 0 fully saturated rings. The fourth-order valence-electron chi connectivity index (χ4n) is 3.46. The number of hydrogen-bond donors (Lipinski definition) is 1. The predicted molar refractivity (Wildman–Crippen MR) is 125 cm³/mol. The van der Waals surface area contributed by atoms with E-state index >= 15 is 0 Å². The molecule has 1 heterocycles. The number of nitrogens with one attached hydrogen (secondary N) is 1. The average Bonchev–Trinajstić information content (AvgIpc) is 3.33. The molecule has 33 heavy (non-hydrogen) atoms. The van der Waals surface area contributed by atoms with E-state index in [0.29, 0.717) is 25.3 Å². The van der Waals surface area contributed by atoms with E-state index in [-0.39, 0.29) is 17.8 Å². The number of benzene rings is 2. The number of hydrogen-bond acceptors (Lipinski definition) is 5. The first kappa shape index (κ1) is 23.8. The van der Waals surface area contributed by atoms with E-state index in [4.69, 9.17) is 4.74 Å². The van der Waals surface area contributed by atoms with Gasteiger partial charge in [0.25, 0.3) is 5.69 Å². The maximum Gasteiger partial charge on any atom is 0.318 e. The van der Waals surface area contributed by atoms with Crippen LogP contribution in [-0.4, -0.2) is 38.6 Å². The van der Waals surface area contributed by atoms with Gasteiger partial charge >= 0.3 is 6.03 Å². The minimum absolute atomic E-state index is 0.000162. The molecule has 1 atom stereocenters. The number of ether oxygens (including phenoxy) is 1. The molecule has 0 spiro atoms. The molecule has 0 bridgehead atoms. The summed E-state index contributed by atoms with van der Waals surface area (Å²) in [6.45, 7) is 6.06. The summed E-state index contributed by atoms with van der Waals surface area (Å²) in [7, 11) is 0. The lowest BCUT2D eigenvalue weighted by atomic mass is 10.1. The van der Waals surface area contributed by atoms with Crippen molar-refractivity contribution in [3.05, 3.63) is 88.5 Å². The summed E-state index contributed by atoms with van der Waals surface area (Å²) in [5.41, 5.74) is 1.66. The van der Waals surface area contributed by atoms with Gasteiger partial charge < -0.3 is 19.5 Å². The van der Waals surface area contributed by atoms with Crippen molar-refractivity contribution in [2.24, 2.45) is 0 Å². The Morgan fingerprint density at radius 3 is 2.73 bits per heavy atom. The lowest BCUT2D eigenvalue weighted by Crippen LogP contribution is -2.41. The van der Waals surface area contributed by atoms with E-state index in [2.05, 4.69) is 10.3 Å². The Labute approximate surface area is 193 Å². The first-order chi connectivity index (χ1) is 16.0. The third-order valence-electron chi connectivity index (χ3n) is 5.22. The van der Waals surface area contributed by atoms with E-state index in [0.717, 1.165) is 24.3 Å². The van der Waals surface area contributed by atoms with Gasteiger partial charge in [-0.25, -0.2) is 9.78 Å². The number of rotatable bonds is 11. The van der Waals surface area contributed by atoms with Crippen molar-refractivity contribution in [3.8, 4) is 5.75 Å². The van der Waals surface area contributed by atoms with Crippen LogP contribution in [0.1, 0.15) is 37.4 Å². The summed E-state index contributed by atoms with van der Waals surface area (Å²) in [6, 6.07) is 13.4. The number of nitro groups is 1. The first-order valence-electron chi connectivity index (χ1n) is 10.9. The summed E-state index contributed by atoms with van der Waals surface area (Å²) < 4.78 is 7.47. The Kier molecular flexibility index (Phi) is 8.40. The van der Waals surface area contributed by atoms with Crippen molar-refractivity contribution in [2.75, 3.05) is 13.2 Å². The van der Waals surface area contributed by atoms with Gasteiger partial charge in [-0.2, -0.15) is 0 Å². The van der Waals surface area contributed by atoms with Crippen molar-refractivity contribution in [1.82, 2.24) is 19.8 Å². The Hall–Kier alpha value is -3.88. The second-order valence-electron chi connectivity index (χ2n) is 7.68. The Bertz CT molecular complexity index is 1040. The second-order valence-corrected chi connectivity index (χ2v) is 7.68. The number of imidazole rings is 1. The van der Waals surface area contributed by atoms with Gasteiger partial charge in [-0.05, 0) is 43.5 Å². The maximum absolute atomic E-state index is 13.1. The summed E-state index contributed by atoms with van der Waals surface area (Å²) in [4.78, 5) is 29.6. The molecule has 9 nitrogen and oxygen atoms in total. The van der Waals surface area contributed by atoms with Crippen molar-refractivity contribution >= 4 is 11.7 Å². The van der Waals surface area contributed by atoms with Crippen LogP contribution < -0.4 is 10.1 Å². The molecule has 174 valence electrons. The molecule has 3 rings (SSSR count). The Morgan fingerprint density at radius 1 is 1.27 bits per heavy atom. The molecule has 0 aliphatic heterocycles. The topological polar surface area (TPSA) is 103 Å². The van der Waals surface area contributed by atoms with E-state index in [1.165, 1.54) is 12.1 Å². The fourth-order valence-corrected chi connectivity index (χ4v) is 3.46. The monoisotopic (exact) mass is 451 g/mol. The number of carbonyl (C=O) groups is 1. The van der Waals surface area contributed by atoms with Crippen molar-refractivity contribution in [3.63, 3.8) is 0 Å². The fraction of sp³-hybridized carbons (Fsp3) is 0.333. The number of amides is 2. The molecule has 3 aromatic rings. The van der Waals surface area contributed by atoms with E-state index < -0.39 is 4.92 Å². The quantitative estimate of drug-likeness (QED) is 0.340. The molecule has 0 aliphatic carbocycles. The van der Waals surface area contributed by atoms with Gasteiger partial charge in [0.15, 0.2) is 0 Å². The molecule has 0 saturated heterocycles. The normalized spacial score (nSPS) is 11.6. The molecule has 0 saturated carbocycles. The van der Waals surface area contributed by atoms with Crippen LogP contribution in [0, 0.1) is 10.1 Å². The highest BCUT2D eigenvalue weighted by Crippen LogP contribution is 2.20. The zero-order chi connectivity index (χ0) is 23.6. The molecular formula is C24H29N5O4. The molecule has 0 radical (unpaired) electrons. The molecule has 2 amide bonds. The van der Waals surface area contributed by atoms with E-state index in [1.54, 1.807) is 29.6 Å². The van der Waals surface area contributed by atoms with Gasteiger partial charge in [-0.15, -0.1) is 0 Å². The predicted octanol–water partition coefficient (Wildman–Crippen LogP) is 4.55. The van der Waals surface area contributed by atoms with Gasteiger partial charge in [0.2, 0.25) is 0 Å². The van der Waals surface area contributed by atoms with Crippen molar-refractivity contribution < 1.29 is 14.5 Å². The number of nitro benzene ring substituents is 1. The summed E-state index contributed by atoms with van der Waals surface area (Å²) in [6.07, 6.45) is 6.12. The lowest BCUT2D eigenvalue weighted by Gasteiger charge is -2.26. The SMILES string of the molecule is CCOc1ccc(CN(CCCn2ccnc2)C(=O)NC(C)c2cccc([N+](=O)[O-])c2)cc1. The van der Waals surface area contributed by atoms with Crippen LogP contribution in [0.15, 0.2) is 67.3 Å². The number of carbonyl (C=O) groups excluding carboxylic acids is 1. The summed E-state index contributed by atoms with van der Waals surface area (Å²) >= 11 is 0. The van der Waals surface area contributed by atoms with Crippen LogP contribution in [0.5, 0.6) is 5.75 Å². The largest absolute Gasteiger partial charge is 0.494 e. The lowest BCUT2D eigenvalue weighted by molar-refractivity contribution is -0.384. The van der Waals surface area contributed by atoms with Crippen molar-refractivity contribution in [2.45, 2.75) is 39.4 Å². The van der Waals surface area contributed by atoms with Crippen LogP contribution in [-0.2, 0) is 13.1 Å². The van der Waals surface area contributed by atoms with Crippen LogP contribution in [0.2, 0.25) is 0 Å². The molecule has 2 aromatic carbocycles. The van der Waals surface area contributed by atoms with Gasteiger partial charge in [0, 0.05) is 44.2 Å². The maximum atomic E-state index is 13.1. The van der Waals surface area contributed by atoms with Crippen LogP contribution >= 0.6 is 0 Å². The first-order valence-corrected chi connectivity index (χ1v) is 10.9. The number of non-ortho nitro benzene ring substituents is 1. The van der Waals surface area contributed by atoms with Crippen LogP contribution in [0.3, 0.4) is 0 Å². The molecule has 1 unspecified atom stereocenters. The van der Waals surface area contributed by atoms with Crippen LogP contribution in [0.4, 0.5) is 10.5 Å². The smallest absolute Gasteiger partial charge is 0.318 e. The van der Waals surface area contributed by atoms with Gasteiger partial charge in [-0.1, -0.05) is 24.3 Å². The number of aryl methyl sites for hydroxylation is 1. The van der Waals surface area contributed by atoms with E-state index in [1.807, 2.05) is 48.9 Å². The number of nitrogens with zero attached hydrogens (tertiary/aromatic N) is 4. The second kappa shape index (κ2) is 11.7. The zero-order valence-electron chi connectivity index (χ0n) is 18.9. The van der Waals surface area contributed by atoms with Gasteiger partial charge in [-0.3, -0.25) is 10.1 Å². The number of aromatic nitrogens is 2. The molecule has 1 N–H and O–H groups in total. The Morgan fingerprint density at radius 2 is 2.06 bits per heavy atom. The average molecular weight is 452 g/mol. The molecule has 0 aliphatic rings. The number of urea groups is 1. The summed E-state index contributed by atoms with van der Waals surface area (Å²) in [5, 5.41) is 14.1. The van der Waals surface area contributed by atoms with Gasteiger partial charge in [0.05, 0.1) is 23.9 Å². The minimum atomic E-state index is -0.438.